The third-order valence-corrected chi connectivity index (χ3v) is 4.34. The Labute approximate surface area is 125 Å². The van der Waals surface area contributed by atoms with Crippen LogP contribution in [0.1, 0.15) is 24.4 Å². The lowest BCUT2D eigenvalue weighted by atomic mass is 10.0. The number of aromatic nitrogens is 1. The van der Waals surface area contributed by atoms with Crippen molar-refractivity contribution in [2.24, 2.45) is 11.7 Å². The largest absolute Gasteiger partial charge is 0.368 e. The molecule has 1 fully saturated rings. The highest BCUT2D eigenvalue weighted by Crippen LogP contribution is 2.31. The van der Waals surface area contributed by atoms with Crippen LogP contribution in [0.2, 0.25) is 0 Å². The molecule has 1 aromatic carbocycles. The molecule has 0 aliphatic heterocycles. The number of nitrogens with two attached hydrogens (primary N) is 1. The first-order chi connectivity index (χ1) is 9.66. The maximum atomic E-state index is 11.8. The van der Waals surface area contributed by atoms with Crippen molar-refractivity contribution in [2.45, 2.75) is 18.9 Å². The second kappa shape index (κ2) is 5.50. The van der Waals surface area contributed by atoms with E-state index in [0.29, 0.717) is 5.92 Å². The Morgan fingerprint density at radius 2 is 2.25 bits per heavy atom. The molecule has 4 nitrogen and oxygen atoms in total. The number of primary amides is 1. The third-order valence-electron chi connectivity index (χ3n) is 3.65. The van der Waals surface area contributed by atoms with Gasteiger partial charge >= 0.3 is 0 Å². The van der Waals surface area contributed by atoms with Crippen LogP contribution < -0.4 is 11.1 Å². The monoisotopic (exact) mass is 333 g/mol. The Balaban J connectivity index is 2.01. The van der Waals surface area contributed by atoms with Crippen molar-refractivity contribution < 1.29 is 4.79 Å². The number of hydrogen-bond donors (Lipinski definition) is 2. The molecule has 0 saturated heterocycles. The topological polar surface area (TPSA) is 68.0 Å². The summed E-state index contributed by atoms with van der Waals surface area (Å²) < 4.78 is 0.967. The fourth-order valence-corrected chi connectivity index (χ4v) is 2.82. The van der Waals surface area contributed by atoms with Crippen molar-refractivity contribution in [1.82, 2.24) is 10.3 Å². The first-order valence-corrected chi connectivity index (χ1v) is 7.52. The molecule has 1 amide bonds. The van der Waals surface area contributed by atoms with Gasteiger partial charge in [0, 0.05) is 21.6 Å². The lowest BCUT2D eigenvalue weighted by Gasteiger charge is -2.17. The zero-order valence-corrected chi connectivity index (χ0v) is 12.6. The van der Waals surface area contributed by atoms with E-state index < -0.39 is 6.04 Å². The number of nitrogens with zero attached hydrogens (tertiary/aromatic N) is 1. The average Bonchev–Trinajstić information content (AvgIpc) is 3.25. The molecule has 1 heterocycles. The molecule has 3 rings (SSSR count). The molecular formula is C15H16BrN3O. The van der Waals surface area contributed by atoms with Gasteiger partial charge in [-0.25, -0.2) is 0 Å². The van der Waals surface area contributed by atoms with Crippen LogP contribution in [0, 0.1) is 5.92 Å². The number of amides is 1. The lowest BCUT2D eigenvalue weighted by molar-refractivity contribution is -0.120. The average molecular weight is 334 g/mol. The van der Waals surface area contributed by atoms with Crippen LogP contribution in [0.4, 0.5) is 0 Å². The normalized spacial score (nSPS) is 16.2. The van der Waals surface area contributed by atoms with Gasteiger partial charge in [0.25, 0.3) is 0 Å². The van der Waals surface area contributed by atoms with Gasteiger partial charge in [-0.2, -0.15) is 0 Å². The van der Waals surface area contributed by atoms with Gasteiger partial charge < -0.3 is 11.1 Å². The van der Waals surface area contributed by atoms with E-state index >= 15 is 0 Å². The predicted molar refractivity (Wildman–Crippen MR) is 82.1 cm³/mol. The van der Waals surface area contributed by atoms with Crippen LogP contribution in [-0.2, 0) is 4.79 Å². The summed E-state index contributed by atoms with van der Waals surface area (Å²) in [6.45, 7) is 0.831. The molecule has 5 heteroatoms. The summed E-state index contributed by atoms with van der Waals surface area (Å²) in [4.78, 5) is 16.2. The van der Waals surface area contributed by atoms with Gasteiger partial charge in [-0.05, 0) is 37.4 Å². The molecule has 1 aliphatic carbocycles. The van der Waals surface area contributed by atoms with Crippen molar-refractivity contribution >= 4 is 32.7 Å². The number of pyridine rings is 1. The first kappa shape index (κ1) is 13.5. The molecule has 2 aromatic rings. The summed E-state index contributed by atoms with van der Waals surface area (Å²) in [6, 6.07) is 7.23. The van der Waals surface area contributed by atoms with Crippen molar-refractivity contribution in [2.75, 3.05) is 6.54 Å². The Bertz CT molecular complexity index is 655. The van der Waals surface area contributed by atoms with Crippen LogP contribution in [-0.4, -0.2) is 17.4 Å². The van der Waals surface area contributed by atoms with Crippen LogP contribution >= 0.6 is 15.9 Å². The molecular weight excluding hydrogens is 318 g/mol. The van der Waals surface area contributed by atoms with Gasteiger partial charge in [-0.1, -0.05) is 28.1 Å². The molecule has 104 valence electrons. The molecule has 0 spiro atoms. The fourth-order valence-electron chi connectivity index (χ4n) is 2.36. The molecule has 1 aromatic heterocycles. The van der Waals surface area contributed by atoms with E-state index in [9.17, 15) is 4.79 Å². The van der Waals surface area contributed by atoms with Gasteiger partial charge in [-0.3, -0.25) is 9.78 Å². The van der Waals surface area contributed by atoms with E-state index in [1.54, 1.807) is 6.20 Å². The Hall–Kier alpha value is -1.46. The van der Waals surface area contributed by atoms with E-state index in [1.165, 1.54) is 12.8 Å². The van der Waals surface area contributed by atoms with Crippen molar-refractivity contribution in [1.29, 1.82) is 0 Å². The van der Waals surface area contributed by atoms with E-state index in [1.807, 2.05) is 24.3 Å². The second-order valence-electron chi connectivity index (χ2n) is 5.22. The van der Waals surface area contributed by atoms with E-state index in [0.717, 1.165) is 27.5 Å². The summed E-state index contributed by atoms with van der Waals surface area (Å²) in [5.74, 6) is 0.325. The number of rotatable bonds is 5. The van der Waals surface area contributed by atoms with E-state index in [2.05, 4.69) is 26.2 Å². The molecule has 1 saturated carbocycles. The van der Waals surface area contributed by atoms with Crippen LogP contribution in [0.5, 0.6) is 0 Å². The van der Waals surface area contributed by atoms with Crippen molar-refractivity contribution in [3.8, 4) is 0 Å². The zero-order chi connectivity index (χ0) is 14.1. The molecule has 0 radical (unpaired) electrons. The molecule has 20 heavy (non-hydrogen) atoms. The summed E-state index contributed by atoms with van der Waals surface area (Å²) in [5.41, 5.74) is 7.22. The highest BCUT2D eigenvalue weighted by atomic mass is 79.9. The minimum Gasteiger partial charge on any atom is -0.368 e. The smallest absolute Gasteiger partial charge is 0.239 e. The van der Waals surface area contributed by atoms with Crippen molar-refractivity contribution in [3.05, 3.63) is 40.5 Å². The number of halogens is 1. The fraction of sp³-hybridized carbons (Fsp3) is 0.333. The number of nitrogens with one attached hydrogen (secondary N) is 1. The Morgan fingerprint density at radius 1 is 1.45 bits per heavy atom. The quantitative estimate of drug-likeness (QED) is 0.883. The summed E-state index contributed by atoms with van der Waals surface area (Å²) in [7, 11) is 0. The maximum Gasteiger partial charge on any atom is 0.239 e. The molecule has 1 unspecified atom stereocenters. The first-order valence-electron chi connectivity index (χ1n) is 6.72. The highest BCUT2D eigenvalue weighted by Gasteiger charge is 2.26. The van der Waals surface area contributed by atoms with Crippen LogP contribution in [0.25, 0.3) is 10.9 Å². The minimum atomic E-state index is -0.485. The summed E-state index contributed by atoms with van der Waals surface area (Å²) >= 11 is 3.51. The number of benzene rings is 1. The van der Waals surface area contributed by atoms with Crippen LogP contribution in [0.3, 0.4) is 0 Å². The third kappa shape index (κ3) is 2.69. The van der Waals surface area contributed by atoms with E-state index in [-0.39, 0.29) is 5.91 Å². The van der Waals surface area contributed by atoms with Crippen molar-refractivity contribution in [3.63, 3.8) is 0 Å². The van der Waals surface area contributed by atoms with Gasteiger partial charge in [0.15, 0.2) is 0 Å². The van der Waals surface area contributed by atoms with Gasteiger partial charge in [0.05, 0.1) is 5.52 Å². The highest BCUT2D eigenvalue weighted by molar-refractivity contribution is 9.10. The lowest BCUT2D eigenvalue weighted by Crippen LogP contribution is -2.35. The van der Waals surface area contributed by atoms with Gasteiger partial charge in [0.2, 0.25) is 5.91 Å². The molecule has 0 bridgehead atoms. The number of carbonyl (C=O) groups is 1. The van der Waals surface area contributed by atoms with Gasteiger partial charge in [-0.15, -0.1) is 0 Å². The van der Waals surface area contributed by atoms with Gasteiger partial charge in [0.1, 0.15) is 6.04 Å². The Morgan fingerprint density at radius 3 is 2.95 bits per heavy atom. The molecule has 1 aliphatic rings. The summed E-state index contributed by atoms with van der Waals surface area (Å²) in [5, 5.41) is 4.27. The standard InChI is InChI=1S/C15H16BrN3O/c16-12-6-5-11(13-10(12)2-1-7-18-13)14(15(17)20)19-8-9-3-4-9/h1-2,5-7,9,14,19H,3-4,8H2,(H2,17,20). The number of hydrogen-bond acceptors (Lipinski definition) is 3. The number of fused-ring (bicyclic) bond motifs is 1. The summed E-state index contributed by atoms with van der Waals surface area (Å²) in [6.07, 6.45) is 4.20. The molecule has 3 N–H and O–H groups in total. The zero-order valence-electron chi connectivity index (χ0n) is 11.0. The molecule has 1 atom stereocenters. The Kier molecular flexibility index (Phi) is 3.72. The minimum absolute atomic E-state index is 0.361. The van der Waals surface area contributed by atoms with Crippen LogP contribution in [0.15, 0.2) is 34.9 Å². The SMILES string of the molecule is NC(=O)C(NCC1CC1)c1ccc(Br)c2cccnc12. The predicted octanol–water partition coefficient (Wildman–Crippen LogP) is 2.52. The second-order valence-corrected chi connectivity index (χ2v) is 6.08. The van der Waals surface area contributed by atoms with E-state index in [4.69, 9.17) is 5.73 Å². The number of carbonyl (C=O) groups excluding carboxylic acids is 1. The maximum absolute atomic E-state index is 11.8.